The summed E-state index contributed by atoms with van der Waals surface area (Å²) in [6, 6.07) is 0.458. The van der Waals surface area contributed by atoms with Gasteiger partial charge in [0.1, 0.15) is 0 Å². The highest BCUT2D eigenvalue weighted by Gasteiger charge is 2.28. The van der Waals surface area contributed by atoms with Gasteiger partial charge in [-0.05, 0) is 44.4 Å². The Morgan fingerprint density at radius 3 is 1.65 bits per heavy atom. The average Bonchev–Trinajstić information content (AvgIpc) is 3.14. The van der Waals surface area contributed by atoms with Crippen LogP contribution in [0.15, 0.2) is 0 Å². The molecule has 0 bridgehead atoms. The second-order valence-electron chi connectivity index (χ2n) is 5.35. The molecule has 96 valence electrons. The van der Waals surface area contributed by atoms with E-state index >= 15 is 0 Å². The predicted molar refractivity (Wildman–Crippen MR) is 65.3 cm³/mol. The van der Waals surface area contributed by atoms with Crippen LogP contribution in [0.25, 0.3) is 0 Å². The molecule has 0 saturated heterocycles. The van der Waals surface area contributed by atoms with Gasteiger partial charge in [0.15, 0.2) is 0 Å². The number of carbonyl (C=O) groups is 2. The molecule has 2 amide bonds. The highest BCUT2D eigenvalue weighted by Crippen LogP contribution is 2.26. The van der Waals surface area contributed by atoms with Gasteiger partial charge in [-0.3, -0.25) is 9.59 Å². The zero-order chi connectivity index (χ0) is 12.3. The first-order valence-electron chi connectivity index (χ1n) is 6.80. The number of hydrogen-bond donors (Lipinski definition) is 2. The molecule has 0 heterocycles. The van der Waals surface area contributed by atoms with Crippen molar-refractivity contribution in [3.8, 4) is 0 Å². The molecule has 2 saturated carbocycles. The monoisotopic (exact) mass is 238 g/mol. The van der Waals surface area contributed by atoms with Gasteiger partial charge < -0.3 is 10.6 Å². The Morgan fingerprint density at radius 1 is 0.882 bits per heavy atom. The molecule has 0 unspecified atom stereocenters. The van der Waals surface area contributed by atoms with Gasteiger partial charge >= 0.3 is 11.8 Å². The van der Waals surface area contributed by atoms with E-state index < -0.39 is 11.8 Å². The maximum atomic E-state index is 11.6. The normalized spacial score (nSPS) is 28.5. The van der Waals surface area contributed by atoms with E-state index in [-0.39, 0.29) is 12.1 Å². The Morgan fingerprint density at radius 2 is 1.29 bits per heavy atom. The summed E-state index contributed by atoms with van der Waals surface area (Å²) in [6.07, 6.45) is 7.63. The minimum atomic E-state index is -0.454. The van der Waals surface area contributed by atoms with Crippen LogP contribution in [-0.2, 0) is 9.59 Å². The zero-order valence-corrected chi connectivity index (χ0v) is 10.5. The van der Waals surface area contributed by atoms with Gasteiger partial charge in [0.25, 0.3) is 0 Å². The van der Waals surface area contributed by atoms with E-state index in [2.05, 4.69) is 17.6 Å². The molecular weight excluding hydrogens is 216 g/mol. The Bertz CT molecular complexity index is 292. The van der Waals surface area contributed by atoms with Crippen molar-refractivity contribution in [2.45, 2.75) is 64.0 Å². The third-order valence-corrected chi connectivity index (χ3v) is 3.88. The summed E-state index contributed by atoms with van der Waals surface area (Å²) in [4.78, 5) is 23.1. The fourth-order valence-corrected chi connectivity index (χ4v) is 2.44. The summed E-state index contributed by atoms with van der Waals surface area (Å²) < 4.78 is 0. The van der Waals surface area contributed by atoms with Gasteiger partial charge in [-0.2, -0.15) is 0 Å². The van der Waals surface area contributed by atoms with E-state index in [0.29, 0.717) is 0 Å². The Labute approximate surface area is 103 Å². The summed E-state index contributed by atoms with van der Waals surface area (Å²) in [7, 11) is 0. The van der Waals surface area contributed by atoms with Crippen LogP contribution >= 0.6 is 0 Å². The third-order valence-electron chi connectivity index (χ3n) is 3.88. The largest absolute Gasteiger partial charge is 0.345 e. The summed E-state index contributed by atoms with van der Waals surface area (Å²) >= 11 is 0. The standard InChI is InChI=1S/C13H22N2O2/c1-2-9-3-5-10(6-4-9)14-12(16)13(17)15-11-7-8-11/h9-11H,2-8H2,1H3,(H,14,16)(H,15,17). The number of carbonyl (C=O) groups excluding carboxylic acids is 2. The topological polar surface area (TPSA) is 58.2 Å². The molecule has 0 spiro atoms. The molecule has 4 heteroatoms. The maximum absolute atomic E-state index is 11.6. The summed E-state index contributed by atoms with van der Waals surface area (Å²) in [6.45, 7) is 2.21. The Kier molecular flexibility index (Phi) is 4.02. The second kappa shape index (κ2) is 5.52. The molecule has 0 atom stereocenters. The molecule has 2 rings (SSSR count). The van der Waals surface area contributed by atoms with Crippen LogP contribution in [-0.4, -0.2) is 23.9 Å². The van der Waals surface area contributed by atoms with Crippen molar-refractivity contribution in [3.05, 3.63) is 0 Å². The minimum Gasteiger partial charge on any atom is -0.345 e. The number of rotatable bonds is 3. The summed E-state index contributed by atoms with van der Waals surface area (Å²) in [5.74, 6) is -0.0922. The van der Waals surface area contributed by atoms with Gasteiger partial charge in [0, 0.05) is 12.1 Å². The smallest absolute Gasteiger partial charge is 0.309 e. The van der Waals surface area contributed by atoms with E-state index in [0.717, 1.165) is 31.6 Å². The molecule has 17 heavy (non-hydrogen) atoms. The highest BCUT2D eigenvalue weighted by molar-refractivity contribution is 6.35. The second-order valence-corrected chi connectivity index (χ2v) is 5.35. The lowest BCUT2D eigenvalue weighted by molar-refractivity contribution is -0.139. The van der Waals surface area contributed by atoms with Gasteiger partial charge in [0.05, 0.1) is 0 Å². The van der Waals surface area contributed by atoms with Crippen molar-refractivity contribution in [2.24, 2.45) is 5.92 Å². The van der Waals surface area contributed by atoms with Crippen molar-refractivity contribution in [1.29, 1.82) is 0 Å². The molecule has 0 aliphatic heterocycles. The van der Waals surface area contributed by atoms with Crippen molar-refractivity contribution in [3.63, 3.8) is 0 Å². The quantitative estimate of drug-likeness (QED) is 0.729. The van der Waals surface area contributed by atoms with E-state index in [1.165, 1.54) is 19.3 Å². The van der Waals surface area contributed by atoms with E-state index in [1.807, 2.05) is 0 Å². The number of amides is 2. The molecular formula is C13H22N2O2. The van der Waals surface area contributed by atoms with Crippen LogP contribution in [0.4, 0.5) is 0 Å². The van der Waals surface area contributed by atoms with E-state index in [9.17, 15) is 9.59 Å². The number of nitrogens with one attached hydrogen (secondary N) is 2. The molecule has 2 aliphatic carbocycles. The lowest BCUT2D eigenvalue weighted by atomic mass is 9.84. The van der Waals surface area contributed by atoms with Crippen molar-refractivity contribution >= 4 is 11.8 Å². The first-order chi connectivity index (χ1) is 8.19. The van der Waals surface area contributed by atoms with Crippen LogP contribution in [0.3, 0.4) is 0 Å². The maximum Gasteiger partial charge on any atom is 0.309 e. The molecule has 2 N–H and O–H groups in total. The minimum absolute atomic E-state index is 0.204. The Hall–Kier alpha value is -1.06. The van der Waals surface area contributed by atoms with Crippen LogP contribution in [0.1, 0.15) is 51.9 Å². The first-order valence-corrected chi connectivity index (χ1v) is 6.80. The van der Waals surface area contributed by atoms with Crippen molar-refractivity contribution in [2.75, 3.05) is 0 Å². The molecule has 0 aromatic heterocycles. The van der Waals surface area contributed by atoms with Gasteiger partial charge in [-0.25, -0.2) is 0 Å². The van der Waals surface area contributed by atoms with Gasteiger partial charge in [0.2, 0.25) is 0 Å². The molecule has 2 fully saturated rings. The molecule has 2 aliphatic rings. The van der Waals surface area contributed by atoms with Gasteiger partial charge in [-0.15, -0.1) is 0 Å². The molecule has 0 radical (unpaired) electrons. The zero-order valence-electron chi connectivity index (χ0n) is 10.5. The van der Waals surface area contributed by atoms with Crippen LogP contribution in [0.2, 0.25) is 0 Å². The first kappa shape index (κ1) is 12.4. The SMILES string of the molecule is CCC1CCC(NC(=O)C(=O)NC2CC2)CC1. The third kappa shape index (κ3) is 3.72. The van der Waals surface area contributed by atoms with Crippen LogP contribution in [0, 0.1) is 5.92 Å². The summed E-state index contributed by atoms with van der Waals surface area (Å²) in [5.41, 5.74) is 0. The lowest BCUT2D eigenvalue weighted by Gasteiger charge is -2.28. The molecule has 0 aromatic rings. The van der Waals surface area contributed by atoms with Crippen LogP contribution in [0.5, 0.6) is 0 Å². The van der Waals surface area contributed by atoms with Gasteiger partial charge in [-0.1, -0.05) is 13.3 Å². The Balaban J connectivity index is 1.69. The van der Waals surface area contributed by atoms with Crippen LogP contribution < -0.4 is 10.6 Å². The van der Waals surface area contributed by atoms with E-state index in [4.69, 9.17) is 0 Å². The van der Waals surface area contributed by atoms with Crippen molar-refractivity contribution < 1.29 is 9.59 Å². The number of hydrogen-bond acceptors (Lipinski definition) is 2. The van der Waals surface area contributed by atoms with E-state index in [1.54, 1.807) is 0 Å². The average molecular weight is 238 g/mol. The summed E-state index contributed by atoms with van der Waals surface area (Å²) in [5, 5.41) is 5.56. The molecule has 4 nitrogen and oxygen atoms in total. The predicted octanol–water partition coefficient (Wildman–Crippen LogP) is 1.35. The highest BCUT2D eigenvalue weighted by atomic mass is 16.2. The molecule has 0 aromatic carbocycles. The fourth-order valence-electron chi connectivity index (χ4n) is 2.44. The fraction of sp³-hybridized carbons (Fsp3) is 0.846. The lowest BCUT2D eigenvalue weighted by Crippen LogP contribution is -2.46. The van der Waals surface area contributed by atoms with Crippen molar-refractivity contribution in [1.82, 2.24) is 10.6 Å².